The highest BCUT2D eigenvalue weighted by molar-refractivity contribution is 7.98. The Hall–Kier alpha value is -3.43. The second-order valence-electron chi connectivity index (χ2n) is 7.95. The molecule has 1 saturated heterocycles. The van der Waals surface area contributed by atoms with E-state index in [-0.39, 0.29) is 5.91 Å². The van der Waals surface area contributed by atoms with E-state index >= 15 is 0 Å². The van der Waals surface area contributed by atoms with Gasteiger partial charge in [0.1, 0.15) is 0 Å². The van der Waals surface area contributed by atoms with Gasteiger partial charge in [-0.1, -0.05) is 24.3 Å². The van der Waals surface area contributed by atoms with Crippen LogP contribution in [0.2, 0.25) is 0 Å². The average Bonchev–Trinajstić information content (AvgIpc) is 3.48. The number of thioether (sulfide) groups is 1. The number of amides is 1. The zero-order valence-electron chi connectivity index (χ0n) is 18.0. The topological polar surface area (TPSA) is 86.3 Å². The lowest BCUT2D eigenvalue weighted by atomic mass is 10.0. The maximum absolute atomic E-state index is 13.5. The first kappa shape index (κ1) is 20.2. The zero-order valence-corrected chi connectivity index (χ0v) is 18.8. The average molecular weight is 460 g/mol. The Bertz CT molecular complexity index is 1360. The Morgan fingerprint density at radius 2 is 1.91 bits per heavy atom. The van der Waals surface area contributed by atoms with Crippen molar-refractivity contribution in [3.63, 3.8) is 0 Å². The minimum atomic E-state index is -0.0445. The highest BCUT2D eigenvalue weighted by Gasteiger charge is 2.32. The minimum absolute atomic E-state index is 0.0445. The van der Waals surface area contributed by atoms with Crippen molar-refractivity contribution < 1.29 is 13.9 Å². The van der Waals surface area contributed by atoms with Crippen molar-refractivity contribution in [3.05, 3.63) is 65.7 Å². The smallest absolute Gasteiger partial charge is 0.274 e. The zero-order chi connectivity index (χ0) is 22.4. The predicted octanol–water partition coefficient (Wildman–Crippen LogP) is 3.98. The van der Waals surface area contributed by atoms with E-state index in [1.54, 1.807) is 18.7 Å². The number of aryl methyl sites for hydroxylation is 1. The molecule has 2 aliphatic heterocycles. The fraction of sp³-hybridized carbons (Fsp3) is 0.250. The molecular weight excluding hydrogens is 438 g/mol. The lowest BCUT2D eigenvalue weighted by Crippen LogP contribution is -2.41. The third kappa shape index (κ3) is 3.53. The van der Waals surface area contributed by atoms with E-state index in [1.165, 1.54) is 4.90 Å². The van der Waals surface area contributed by atoms with Gasteiger partial charge in [0, 0.05) is 47.4 Å². The number of ether oxygens (including phenoxy) is 1. The second kappa shape index (κ2) is 8.17. The van der Waals surface area contributed by atoms with Crippen molar-refractivity contribution in [2.75, 3.05) is 26.3 Å². The van der Waals surface area contributed by atoms with Gasteiger partial charge in [-0.05, 0) is 24.3 Å². The van der Waals surface area contributed by atoms with E-state index in [0.717, 1.165) is 28.1 Å². The molecule has 0 spiro atoms. The van der Waals surface area contributed by atoms with Crippen LogP contribution in [0.5, 0.6) is 0 Å². The third-order valence-corrected chi connectivity index (χ3v) is 6.96. The number of hydrogen-bond donors (Lipinski definition) is 0. The summed E-state index contributed by atoms with van der Waals surface area (Å²) in [6, 6.07) is 16.1. The lowest BCUT2D eigenvalue weighted by molar-refractivity contribution is 0.0298. The van der Waals surface area contributed by atoms with Crippen LogP contribution in [0.25, 0.3) is 28.4 Å². The van der Waals surface area contributed by atoms with E-state index in [0.29, 0.717) is 49.5 Å². The van der Waals surface area contributed by atoms with Gasteiger partial charge in [0.25, 0.3) is 5.91 Å². The molecule has 0 unspecified atom stereocenters. The summed E-state index contributed by atoms with van der Waals surface area (Å²) in [6.45, 7) is 4.03. The summed E-state index contributed by atoms with van der Waals surface area (Å²) in [5.74, 6) is 1.62. The number of aromatic nitrogens is 4. The quantitative estimate of drug-likeness (QED) is 0.458. The monoisotopic (exact) mass is 459 g/mol. The van der Waals surface area contributed by atoms with Crippen LogP contribution in [0, 0.1) is 6.92 Å². The van der Waals surface area contributed by atoms with Gasteiger partial charge < -0.3 is 14.1 Å². The minimum Gasteiger partial charge on any atom is -0.421 e. The number of fused-ring (bicyclic) bond motifs is 3. The van der Waals surface area contributed by atoms with E-state index < -0.39 is 0 Å². The normalized spacial score (nSPS) is 15.2. The standard InChI is InChI=1S/C24H21N5O3S/c1-15-25-26-23(32-15)16-5-4-6-17(13-16)29-22-18-7-2-3-8-20(18)33-14-19(22)21(27-29)24(30)28-9-11-31-12-10-28/h2-8,13H,9-12,14H2,1H3. The number of nitrogens with zero attached hydrogens (tertiary/aromatic N) is 5. The molecule has 4 aromatic rings. The van der Waals surface area contributed by atoms with Crippen LogP contribution in [0.15, 0.2) is 57.8 Å². The summed E-state index contributed by atoms with van der Waals surface area (Å²) in [4.78, 5) is 16.5. The number of benzene rings is 2. The summed E-state index contributed by atoms with van der Waals surface area (Å²) in [5.41, 5.74) is 5.15. The van der Waals surface area contributed by atoms with E-state index in [2.05, 4.69) is 22.3 Å². The van der Waals surface area contributed by atoms with E-state index in [4.69, 9.17) is 14.3 Å². The Balaban J connectivity index is 1.51. The predicted molar refractivity (Wildman–Crippen MR) is 123 cm³/mol. The molecule has 4 heterocycles. The van der Waals surface area contributed by atoms with Crippen molar-refractivity contribution in [1.82, 2.24) is 24.9 Å². The summed E-state index contributed by atoms with van der Waals surface area (Å²) in [5, 5.41) is 13.0. The molecule has 1 fully saturated rings. The van der Waals surface area contributed by atoms with Gasteiger partial charge in [0.15, 0.2) is 5.69 Å². The second-order valence-corrected chi connectivity index (χ2v) is 8.97. The van der Waals surface area contributed by atoms with Gasteiger partial charge >= 0.3 is 0 Å². The van der Waals surface area contributed by atoms with Crippen LogP contribution in [0.4, 0.5) is 0 Å². The van der Waals surface area contributed by atoms with Crippen LogP contribution < -0.4 is 0 Å². The van der Waals surface area contributed by atoms with Crippen LogP contribution in [-0.4, -0.2) is 57.1 Å². The largest absolute Gasteiger partial charge is 0.421 e. The maximum Gasteiger partial charge on any atom is 0.274 e. The van der Waals surface area contributed by atoms with Crippen molar-refractivity contribution >= 4 is 17.7 Å². The molecule has 6 rings (SSSR count). The molecule has 33 heavy (non-hydrogen) atoms. The molecule has 0 aliphatic carbocycles. The first-order valence-electron chi connectivity index (χ1n) is 10.8. The summed E-state index contributed by atoms with van der Waals surface area (Å²) in [6.07, 6.45) is 0. The molecule has 0 N–H and O–H groups in total. The van der Waals surface area contributed by atoms with E-state index in [1.807, 2.05) is 46.0 Å². The fourth-order valence-corrected chi connectivity index (χ4v) is 5.33. The van der Waals surface area contributed by atoms with Crippen LogP contribution in [-0.2, 0) is 10.5 Å². The van der Waals surface area contributed by atoms with Crippen LogP contribution >= 0.6 is 11.8 Å². The van der Waals surface area contributed by atoms with Crippen molar-refractivity contribution in [1.29, 1.82) is 0 Å². The molecule has 9 heteroatoms. The fourth-order valence-electron chi connectivity index (χ4n) is 4.26. The highest BCUT2D eigenvalue weighted by atomic mass is 32.2. The molecule has 0 radical (unpaired) electrons. The number of morpholine rings is 1. The molecule has 2 aromatic heterocycles. The summed E-state index contributed by atoms with van der Waals surface area (Å²) in [7, 11) is 0. The first-order chi connectivity index (χ1) is 16.2. The Morgan fingerprint density at radius 3 is 2.73 bits per heavy atom. The van der Waals surface area contributed by atoms with Gasteiger partial charge in [-0.15, -0.1) is 22.0 Å². The summed E-state index contributed by atoms with van der Waals surface area (Å²) < 4.78 is 12.9. The molecule has 0 bridgehead atoms. The molecule has 166 valence electrons. The molecule has 8 nitrogen and oxygen atoms in total. The number of carbonyl (C=O) groups excluding carboxylic acids is 1. The van der Waals surface area contributed by atoms with Crippen LogP contribution in [0.1, 0.15) is 21.9 Å². The SMILES string of the molecule is Cc1nnc(-c2cccc(-n3nc(C(=O)N4CCOCC4)c4c3-c3ccccc3SC4)c2)o1. The van der Waals surface area contributed by atoms with Gasteiger partial charge in [-0.2, -0.15) is 5.10 Å². The molecule has 0 saturated carbocycles. The third-order valence-electron chi connectivity index (χ3n) is 5.86. The van der Waals surface area contributed by atoms with Gasteiger partial charge in [-0.3, -0.25) is 4.79 Å². The summed E-state index contributed by atoms with van der Waals surface area (Å²) >= 11 is 1.74. The number of hydrogen-bond acceptors (Lipinski definition) is 7. The first-order valence-corrected chi connectivity index (χ1v) is 11.8. The number of carbonyl (C=O) groups is 1. The molecular formula is C24H21N5O3S. The van der Waals surface area contributed by atoms with Gasteiger partial charge in [0.2, 0.25) is 11.8 Å². The van der Waals surface area contributed by atoms with Crippen molar-refractivity contribution in [3.8, 4) is 28.4 Å². The van der Waals surface area contributed by atoms with Crippen molar-refractivity contribution in [2.24, 2.45) is 0 Å². The Labute approximate surface area is 194 Å². The molecule has 1 amide bonds. The number of rotatable bonds is 3. The molecule has 2 aliphatic rings. The molecule has 0 atom stereocenters. The lowest BCUT2D eigenvalue weighted by Gasteiger charge is -2.26. The van der Waals surface area contributed by atoms with E-state index in [9.17, 15) is 4.79 Å². The Morgan fingerprint density at radius 1 is 1.06 bits per heavy atom. The highest BCUT2D eigenvalue weighted by Crippen LogP contribution is 2.44. The molecule has 2 aromatic carbocycles. The van der Waals surface area contributed by atoms with Crippen LogP contribution in [0.3, 0.4) is 0 Å². The van der Waals surface area contributed by atoms with Gasteiger partial charge in [0.05, 0.1) is 24.6 Å². The maximum atomic E-state index is 13.5. The van der Waals surface area contributed by atoms with Crippen molar-refractivity contribution in [2.45, 2.75) is 17.6 Å². The van der Waals surface area contributed by atoms with Gasteiger partial charge in [-0.25, -0.2) is 4.68 Å². The Kier molecular flexibility index (Phi) is 5.00.